The van der Waals surface area contributed by atoms with Crippen LogP contribution in [-0.2, 0) is 16.0 Å². The Morgan fingerprint density at radius 1 is 1.28 bits per heavy atom. The Kier molecular flexibility index (Phi) is 5.14. The highest BCUT2D eigenvalue weighted by Crippen LogP contribution is 2.44. The largest absolute Gasteiger partial charge is 0.478 e. The van der Waals surface area contributed by atoms with Gasteiger partial charge in [0.05, 0.1) is 29.8 Å². The topological polar surface area (TPSA) is 131 Å². The number of carbonyl (C=O) groups excluding carboxylic acids is 2. The number of nitrogens with zero attached hydrogens (tertiary/aromatic N) is 4. The second kappa shape index (κ2) is 7.87. The van der Waals surface area contributed by atoms with E-state index in [1.54, 1.807) is 17.0 Å². The molecule has 3 heterocycles. The van der Waals surface area contributed by atoms with Crippen LogP contribution in [0.1, 0.15) is 53.2 Å². The fourth-order valence-corrected chi connectivity index (χ4v) is 6.03. The van der Waals surface area contributed by atoms with Gasteiger partial charge in [-0.2, -0.15) is 5.26 Å². The zero-order chi connectivity index (χ0) is 22.6. The summed E-state index contributed by atoms with van der Waals surface area (Å²) < 4.78 is 0. The third kappa shape index (κ3) is 3.26. The third-order valence-electron chi connectivity index (χ3n) is 7.52. The number of amides is 2. The van der Waals surface area contributed by atoms with Gasteiger partial charge in [0.1, 0.15) is 6.04 Å². The fraction of sp³-hybridized carbons (Fsp3) is 0.565. The minimum Gasteiger partial charge on any atom is -0.478 e. The molecule has 0 aromatic heterocycles. The van der Waals surface area contributed by atoms with E-state index in [0.29, 0.717) is 26.1 Å². The maximum absolute atomic E-state index is 13.3. The molecule has 168 valence electrons. The van der Waals surface area contributed by atoms with Gasteiger partial charge in [0, 0.05) is 25.7 Å². The summed E-state index contributed by atoms with van der Waals surface area (Å²) in [6.07, 6.45) is 3.80. The van der Waals surface area contributed by atoms with Crippen molar-refractivity contribution in [1.29, 1.82) is 5.26 Å². The summed E-state index contributed by atoms with van der Waals surface area (Å²) in [5.41, 5.74) is 8.55. The van der Waals surface area contributed by atoms with Gasteiger partial charge >= 0.3 is 5.97 Å². The van der Waals surface area contributed by atoms with E-state index in [4.69, 9.17) is 5.73 Å². The summed E-state index contributed by atoms with van der Waals surface area (Å²) in [5, 5.41) is 18.5. The summed E-state index contributed by atoms with van der Waals surface area (Å²) in [6, 6.07) is 6.00. The first-order chi connectivity index (χ1) is 15.4. The average molecular weight is 438 g/mol. The molecule has 9 heteroatoms. The van der Waals surface area contributed by atoms with Gasteiger partial charge in [-0.25, -0.2) is 4.79 Å². The number of benzene rings is 1. The number of carboxylic acid groups (broad SMARTS) is 1. The van der Waals surface area contributed by atoms with Gasteiger partial charge in [-0.15, -0.1) is 0 Å². The highest BCUT2D eigenvalue weighted by molar-refractivity contribution is 5.89. The average Bonchev–Trinajstić information content (AvgIpc) is 3.55. The zero-order valence-corrected chi connectivity index (χ0v) is 17.8. The normalized spacial score (nSPS) is 29.9. The van der Waals surface area contributed by atoms with Crippen LogP contribution in [-0.4, -0.2) is 81.4 Å². The molecule has 3 N–H and O–H groups in total. The van der Waals surface area contributed by atoms with Crippen LogP contribution in [0, 0.1) is 11.3 Å². The van der Waals surface area contributed by atoms with Crippen molar-refractivity contribution in [2.45, 2.75) is 62.3 Å². The molecule has 2 bridgehead atoms. The molecular formula is C23H27N5O4. The molecule has 0 spiro atoms. The second-order valence-corrected chi connectivity index (χ2v) is 9.30. The SMILES string of the molecule is N#CC1CCCN1C(=O)C(N)CN1C[C@@H]2C[C@H]1C(=O)N2C1CCc2cc(C(=O)O)ccc21. The number of aromatic carboxylic acids is 1. The molecular weight excluding hydrogens is 410 g/mol. The molecule has 2 amide bonds. The smallest absolute Gasteiger partial charge is 0.335 e. The number of carbonyl (C=O) groups is 3. The van der Waals surface area contributed by atoms with Crippen LogP contribution in [0.4, 0.5) is 0 Å². The Morgan fingerprint density at radius 2 is 2.09 bits per heavy atom. The highest BCUT2D eigenvalue weighted by atomic mass is 16.4. The number of rotatable bonds is 5. The van der Waals surface area contributed by atoms with E-state index in [9.17, 15) is 24.8 Å². The first-order valence-corrected chi connectivity index (χ1v) is 11.3. The Labute approximate surface area is 186 Å². The number of fused-ring (bicyclic) bond motifs is 3. The zero-order valence-electron chi connectivity index (χ0n) is 17.8. The predicted molar refractivity (Wildman–Crippen MR) is 113 cm³/mol. The van der Waals surface area contributed by atoms with E-state index in [1.807, 2.05) is 15.9 Å². The molecule has 3 unspecified atom stereocenters. The lowest BCUT2D eigenvalue weighted by molar-refractivity contribution is -0.141. The van der Waals surface area contributed by atoms with Crippen molar-refractivity contribution in [2.24, 2.45) is 5.73 Å². The number of piperazine rings is 1. The lowest BCUT2D eigenvalue weighted by Gasteiger charge is -2.38. The fourth-order valence-electron chi connectivity index (χ4n) is 6.03. The van der Waals surface area contributed by atoms with Crippen molar-refractivity contribution in [3.8, 4) is 6.07 Å². The lowest BCUT2D eigenvalue weighted by Crippen LogP contribution is -2.56. The van der Waals surface area contributed by atoms with Gasteiger partial charge < -0.3 is 20.6 Å². The molecule has 3 saturated heterocycles. The summed E-state index contributed by atoms with van der Waals surface area (Å²) >= 11 is 0. The molecule has 3 fully saturated rings. The molecule has 4 aliphatic rings. The van der Waals surface area contributed by atoms with Crippen molar-refractivity contribution in [2.75, 3.05) is 19.6 Å². The van der Waals surface area contributed by atoms with Crippen molar-refractivity contribution in [1.82, 2.24) is 14.7 Å². The number of carboxylic acids is 1. The Balaban J connectivity index is 1.25. The molecule has 5 atom stereocenters. The van der Waals surface area contributed by atoms with E-state index in [1.165, 1.54) is 0 Å². The van der Waals surface area contributed by atoms with E-state index >= 15 is 0 Å². The van der Waals surface area contributed by atoms with E-state index < -0.39 is 18.1 Å². The minimum atomic E-state index is -0.941. The van der Waals surface area contributed by atoms with Crippen LogP contribution in [0.3, 0.4) is 0 Å². The van der Waals surface area contributed by atoms with Crippen molar-refractivity contribution in [3.05, 3.63) is 34.9 Å². The van der Waals surface area contributed by atoms with E-state index in [0.717, 1.165) is 36.8 Å². The number of likely N-dealkylation sites (tertiary alicyclic amines) is 3. The molecule has 9 nitrogen and oxygen atoms in total. The van der Waals surface area contributed by atoms with Gasteiger partial charge in [0.2, 0.25) is 11.8 Å². The first kappa shape index (κ1) is 20.9. The van der Waals surface area contributed by atoms with Gasteiger partial charge in [-0.3, -0.25) is 14.5 Å². The Hall–Kier alpha value is -2.96. The van der Waals surface area contributed by atoms with Crippen LogP contribution < -0.4 is 5.73 Å². The van der Waals surface area contributed by atoms with Crippen molar-refractivity contribution < 1.29 is 19.5 Å². The monoisotopic (exact) mass is 437 g/mol. The van der Waals surface area contributed by atoms with E-state index in [-0.39, 0.29) is 35.5 Å². The Morgan fingerprint density at radius 3 is 2.81 bits per heavy atom. The van der Waals surface area contributed by atoms with Crippen LogP contribution in [0.15, 0.2) is 18.2 Å². The molecule has 0 radical (unpaired) electrons. The summed E-state index contributed by atoms with van der Waals surface area (Å²) in [7, 11) is 0. The third-order valence-corrected chi connectivity index (χ3v) is 7.52. The lowest BCUT2D eigenvalue weighted by atomic mass is 10.0. The molecule has 32 heavy (non-hydrogen) atoms. The van der Waals surface area contributed by atoms with E-state index in [2.05, 4.69) is 6.07 Å². The predicted octanol–water partition coefficient (Wildman–Crippen LogP) is 0.499. The standard InChI is InChI=1S/C23H27N5O4/c24-10-15-2-1-7-27(15)21(29)18(25)12-26-11-16-9-20(26)22(30)28(16)19-6-4-13-8-14(23(31)32)3-5-17(13)19/h3,5,8,15-16,18-20H,1-2,4,6-7,9,11-12,25H2,(H,31,32)/t15?,16-,18?,19?,20-/m0/s1. The summed E-state index contributed by atoms with van der Waals surface area (Å²) in [6.45, 7) is 1.56. The number of nitrogens with two attached hydrogens (primary N) is 1. The molecule has 1 aromatic carbocycles. The molecule has 3 aliphatic heterocycles. The van der Waals surface area contributed by atoms with Gasteiger partial charge in [-0.05, 0) is 55.4 Å². The van der Waals surface area contributed by atoms with Gasteiger partial charge in [0.25, 0.3) is 0 Å². The minimum absolute atomic E-state index is 0.0196. The number of hydrogen-bond acceptors (Lipinski definition) is 6. The maximum atomic E-state index is 13.3. The second-order valence-electron chi connectivity index (χ2n) is 9.30. The van der Waals surface area contributed by atoms with Crippen LogP contribution in [0.2, 0.25) is 0 Å². The number of hydrogen-bond donors (Lipinski definition) is 2. The molecule has 5 rings (SSSR count). The van der Waals surface area contributed by atoms with Crippen LogP contribution in [0.5, 0.6) is 0 Å². The highest BCUT2D eigenvalue weighted by Gasteiger charge is 2.53. The maximum Gasteiger partial charge on any atom is 0.335 e. The van der Waals surface area contributed by atoms with Gasteiger partial charge in [0.15, 0.2) is 0 Å². The molecule has 1 aliphatic carbocycles. The first-order valence-electron chi connectivity index (χ1n) is 11.3. The summed E-state index contributed by atoms with van der Waals surface area (Å²) in [5.74, 6) is -1.08. The van der Waals surface area contributed by atoms with Crippen LogP contribution in [0.25, 0.3) is 0 Å². The van der Waals surface area contributed by atoms with Gasteiger partial charge in [-0.1, -0.05) is 6.07 Å². The summed E-state index contributed by atoms with van der Waals surface area (Å²) in [4.78, 5) is 42.9. The van der Waals surface area contributed by atoms with Crippen molar-refractivity contribution in [3.63, 3.8) is 0 Å². The Bertz CT molecular complexity index is 1020. The van der Waals surface area contributed by atoms with Crippen molar-refractivity contribution >= 4 is 17.8 Å². The number of nitriles is 1. The quantitative estimate of drug-likeness (QED) is 0.686. The number of aryl methyl sites for hydroxylation is 1. The molecule has 1 aromatic rings. The van der Waals surface area contributed by atoms with Crippen LogP contribution >= 0.6 is 0 Å². The molecule has 0 saturated carbocycles.